The predicted molar refractivity (Wildman–Crippen MR) is 54.1 cm³/mol. The van der Waals surface area contributed by atoms with Crippen LogP contribution in [0, 0.1) is 0 Å². The summed E-state index contributed by atoms with van der Waals surface area (Å²) in [5, 5.41) is 3.91. The molecule has 0 aliphatic carbocycles. The first kappa shape index (κ1) is 8.89. The molecule has 2 aromatic heterocycles. The van der Waals surface area contributed by atoms with Crippen LogP contribution in [0.1, 0.15) is 4.88 Å². The first-order valence-corrected chi connectivity index (χ1v) is 4.85. The zero-order valence-electron chi connectivity index (χ0n) is 7.25. The zero-order valence-corrected chi connectivity index (χ0v) is 8.07. The molecule has 0 bridgehead atoms. The van der Waals surface area contributed by atoms with Crippen molar-refractivity contribution in [3.63, 3.8) is 0 Å². The van der Waals surface area contributed by atoms with E-state index in [1.165, 1.54) is 28.2 Å². The van der Waals surface area contributed by atoms with Crippen LogP contribution in [-0.2, 0) is 6.54 Å². The van der Waals surface area contributed by atoms with Gasteiger partial charge in [0.15, 0.2) is 0 Å². The predicted octanol–water partition coefficient (Wildman–Crippen LogP) is 0.330. The van der Waals surface area contributed by atoms with E-state index in [0.29, 0.717) is 12.4 Å². The van der Waals surface area contributed by atoms with Crippen molar-refractivity contribution in [3.05, 3.63) is 39.1 Å². The van der Waals surface area contributed by atoms with Gasteiger partial charge in [-0.15, -0.1) is 11.3 Å². The molecule has 0 fully saturated rings. The maximum Gasteiger partial charge on any atom is 0.267 e. The number of hydrogen-bond donors (Lipinski definition) is 1. The molecule has 2 heterocycles. The molecular weight excluding hydrogens is 200 g/mol. The molecule has 0 saturated heterocycles. The van der Waals surface area contributed by atoms with E-state index in [2.05, 4.69) is 10.1 Å². The number of rotatable bonds is 2. The van der Waals surface area contributed by atoms with Gasteiger partial charge in [-0.05, 0) is 6.07 Å². The molecule has 14 heavy (non-hydrogen) atoms. The molecule has 2 aromatic rings. The Bertz CT molecular complexity index is 476. The quantitative estimate of drug-likeness (QED) is 0.771. The van der Waals surface area contributed by atoms with Gasteiger partial charge in [0.05, 0.1) is 12.1 Å². The first-order chi connectivity index (χ1) is 6.75. The van der Waals surface area contributed by atoms with Crippen LogP contribution in [0.15, 0.2) is 28.6 Å². The van der Waals surface area contributed by atoms with Crippen molar-refractivity contribution < 1.29 is 0 Å². The third kappa shape index (κ3) is 1.80. The second kappa shape index (κ2) is 3.59. The van der Waals surface area contributed by atoms with Crippen molar-refractivity contribution >= 4 is 17.2 Å². The molecule has 0 spiro atoms. The number of nitrogens with two attached hydrogens (primary N) is 1. The molecule has 2 rings (SSSR count). The second-order valence-electron chi connectivity index (χ2n) is 2.72. The minimum atomic E-state index is -0.160. The van der Waals surface area contributed by atoms with Crippen LogP contribution in [0.2, 0.25) is 0 Å². The summed E-state index contributed by atoms with van der Waals surface area (Å²) in [5.74, 6) is 0.342. The monoisotopic (exact) mass is 208 g/mol. The summed E-state index contributed by atoms with van der Waals surface area (Å²) in [5.41, 5.74) is 7.03. The number of aromatic nitrogens is 3. The van der Waals surface area contributed by atoms with Gasteiger partial charge >= 0.3 is 0 Å². The molecule has 0 aliphatic rings. The average molecular weight is 208 g/mol. The summed E-state index contributed by atoms with van der Waals surface area (Å²) in [6.45, 7) is 0.425. The van der Waals surface area contributed by atoms with Crippen LogP contribution in [0.25, 0.3) is 0 Å². The normalized spacial score (nSPS) is 10.3. The van der Waals surface area contributed by atoms with Crippen LogP contribution in [-0.4, -0.2) is 14.8 Å². The van der Waals surface area contributed by atoms with Gasteiger partial charge in [0, 0.05) is 17.1 Å². The lowest BCUT2D eigenvalue weighted by Crippen LogP contribution is -2.22. The molecule has 0 atom stereocenters. The van der Waals surface area contributed by atoms with Gasteiger partial charge in [-0.25, -0.2) is 4.68 Å². The number of thiazole rings is 1. The molecule has 0 aliphatic heterocycles. The Hall–Kier alpha value is -1.69. The van der Waals surface area contributed by atoms with Crippen LogP contribution in [0.5, 0.6) is 0 Å². The summed E-state index contributed by atoms with van der Waals surface area (Å²) in [6, 6.07) is 2.90. The Morgan fingerprint density at radius 1 is 1.50 bits per heavy atom. The lowest BCUT2D eigenvalue weighted by molar-refractivity contribution is 0.650. The fraction of sp³-hybridized carbons (Fsp3) is 0.125. The molecule has 0 aromatic carbocycles. The summed E-state index contributed by atoms with van der Waals surface area (Å²) >= 11 is 1.48. The van der Waals surface area contributed by atoms with Gasteiger partial charge in [-0.3, -0.25) is 9.78 Å². The van der Waals surface area contributed by atoms with E-state index >= 15 is 0 Å². The van der Waals surface area contributed by atoms with Crippen molar-refractivity contribution in [2.75, 3.05) is 5.73 Å². The van der Waals surface area contributed by atoms with Gasteiger partial charge < -0.3 is 5.73 Å². The first-order valence-electron chi connectivity index (χ1n) is 3.97. The zero-order chi connectivity index (χ0) is 9.97. The Labute approximate surface area is 83.8 Å². The Balaban J connectivity index is 2.33. The van der Waals surface area contributed by atoms with E-state index in [1.807, 2.05) is 0 Å². The Morgan fingerprint density at radius 3 is 3.07 bits per heavy atom. The Morgan fingerprint density at radius 2 is 2.36 bits per heavy atom. The molecule has 2 N–H and O–H groups in total. The lowest BCUT2D eigenvalue weighted by Gasteiger charge is -2.01. The van der Waals surface area contributed by atoms with Crippen molar-refractivity contribution in [3.8, 4) is 0 Å². The number of nitrogens with zero attached hydrogens (tertiary/aromatic N) is 3. The molecule has 72 valence electrons. The van der Waals surface area contributed by atoms with Crippen molar-refractivity contribution in [2.24, 2.45) is 0 Å². The maximum atomic E-state index is 11.3. The number of hydrogen-bond acceptors (Lipinski definition) is 5. The molecular formula is C8H8N4OS. The summed E-state index contributed by atoms with van der Waals surface area (Å²) in [7, 11) is 0. The summed E-state index contributed by atoms with van der Waals surface area (Å²) < 4.78 is 1.32. The van der Waals surface area contributed by atoms with Crippen molar-refractivity contribution in [1.82, 2.24) is 14.8 Å². The highest BCUT2D eigenvalue weighted by atomic mass is 32.1. The van der Waals surface area contributed by atoms with E-state index in [9.17, 15) is 4.79 Å². The molecule has 0 unspecified atom stereocenters. The van der Waals surface area contributed by atoms with Gasteiger partial charge in [-0.1, -0.05) is 0 Å². The molecule has 5 nitrogen and oxygen atoms in total. The van der Waals surface area contributed by atoms with Crippen LogP contribution in [0.4, 0.5) is 5.82 Å². The number of nitrogen functional groups attached to an aromatic ring is 1. The fourth-order valence-electron chi connectivity index (χ4n) is 1.05. The summed E-state index contributed by atoms with van der Waals surface area (Å²) in [4.78, 5) is 16.2. The van der Waals surface area contributed by atoms with E-state index in [-0.39, 0.29) is 5.56 Å². The minimum absolute atomic E-state index is 0.160. The van der Waals surface area contributed by atoms with Crippen LogP contribution < -0.4 is 11.3 Å². The fourth-order valence-corrected chi connectivity index (χ4v) is 1.62. The minimum Gasteiger partial charge on any atom is -0.382 e. The topological polar surface area (TPSA) is 73.8 Å². The number of anilines is 1. The van der Waals surface area contributed by atoms with Gasteiger partial charge in [0.1, 0.15) is 5.82 Å². The highest BCUT2D eigenvalue weighted by Crippen LogP contribution is 2.05. The third-order valence-electron chi connectivity index (χ3n) is 1.68. The van der Waals surface area contributed by atoms with E-state index in [4.69, 9.17) is 5.73 Å². The molecule has 0 saturated carbocycles. The second-order valence-corrected chi connectivity index (χ2v) is 3.69. The van der Waals surface area contributed by atoms with Crippen LogP contribution in [0.3, 0.4) is 0 Å². The van der Waals surface area contributed by atoms with Gasteiger partial charge in [0.2, 0.25) is 0 Å². The van der Waals surface area contributed by atoms with Crippen LogP contribution >= 0.6 is 11.3 Å². The van der Waals surface area contributed by atoms with Crippen molar-refractivity contribution in [2.45, 2.75) is 6.54 Å². The SMILES string of the molecule is Nc1ccc(=O)n(Cc2cncs2)n1. The van der Waals surface area contributed by atoms with E-state index < -0.39 is 0 Å². The molecule has 0 radical (unpaired) electrons. The molecule has 6 heteroatoms. The highest BCUT2D eigenvalue weighted by Gasteiger charge is 2.00. The average Bonchev–Trinajstić information content (AvgIpc) is 2.64. The van der Waals surface area contributed by atoms with Crippen molar-refractivity contribution in [1.29, 1.82) is 0 Å². The summed E-state index contributed by atoms with van der Waals surface area (Å²) in [6.07, 6.45) is 1.71. The smallest absolute Gasteiger partial charge is 0.267 e. The maximum absolute atomic E-state index is 11.3. The standard InChI is InChI=1S/C8H8N4OS/c9-7-1-2-8(13)12(11-7)4-6-3-10-5-14-6/h1-3,5H,4H2,(H2,9,11). The Kier molecular flexibility index (Phi) is 2.28. The lowest BCUT2D eigenvalue weighted by atomic mass is 10.5. The molecule has 0 amide bonds. The van der Waals surface area contributed by atoms with E-state index in [1.54, 1.807) is 11.7 Å². The largest absolute Gasteiger partial charge is 0.382 e. The van der Waals surface area contributed by atoms with Gasteiger partial charge in [-0.2, -0.15) is 5.10 Å². The van der Waals surface area contributed by atoms with Gasteiger partial charge in [0.25, 0.3) is 5.56 Å². The third-order valence-corrected chi connectivity index (χ3v) is 2.44. The highest BCUT2D eigenvalue weighted by molar-refractivity contribution is 7.09. The van der Waals surface area contributed by atoms with E-state index in [0.717, 1.165) is 4.88 Å².